The minimum absolute atomic E-state index is 0.0299. The van der Waals surface area contributed by atoms with Crippen LogP contribution in [0.3, 0.4) is 0 Å². The molecule has 0 aliphatic carbocycles. The van der Waals surface area contributed by atoms with Crippen LogP contribution in [0.4, 0.5) is 30.2 Å². The summed E-state index contributed by atoms with van der Waals surface area (Å²) in [5.41, 5.74) is -0.347. The predicted octanol–water partition coefficient (Wildman–Crippen LogP) is 3.53. The van der Waals surface area contributed by atoms with Crippen molar-refractivity contribution in [3.05, 3.63) is 48.0 Å². The van der Waals surface area contributed by atoms with Crippen LogP contribution < -0.4 is 19.9 Å². The Morgan fingerprint density at radius 1 is 1.21 bits per heavy atom. The highest BCUT2D eigenvalue weighted by atomic mass is 19.4. The molecule has 2 aromatic rings. The van der Waals surface area contributed by atoms with Crippen molar-refractivity contribution in [2.45, 2.75) is 12.6 Å². The van der Waals surface area contributed by atoms with E-state index in [4.69, 9.17) is 4.74 Å². The Balaban J connectivity index is 1.73. The van der Waals surface area contributed by atoms with E-state index in [1.807, 2.05) is 0 Å². The molecule has 1 heterocycles. The van der Waals surface area contributed by atoms with Gasteiger partial charge >= 0.3 is 6.18 Å². The molecule has 1 aliphatic rings. The summed E-state index contributed by atoms with van der Waals surface area (Å²) in [7, 11) is 3.26. The molecule has 2 aromatic carbocycles. The quantitative estimate of drug-likeness (QED) is 0.824. The van der Waals surface area contributed by atoms with E-state index in [1.165, 1.54) is 17.0 Å². The third kappa shape index (κ3) is 4.61. The van der Waals surface area contributed by atoms with E-state index in [9.17, 15) is 22.8 Å². The van der Waals surface area contributed by atoms with Gasteiger partial charge in [0.05, 0.1) is 16.9 Å². The van der Waals surface area contributed by atoms with Crippen molar-refractivity contribution >= 4 is 28.9 Å². The van der Waals surface area contributed by atoms with E-state index in [0.717, 1.165) is 6.07 Å². The van der Waals surface area contributed by atoms with Gasteiger partial charge in [0.1, 0.15) is 5.75 Å². The standard InChI is InChI=1S/C20H20F3N3O3/c1-25(2)13-7-8-15(14(11-13)20(21,22)23)24-18(27)9-10-26-16-5-3-4-6-17(16)29-12-19(26)28/h3-8,11H,9-10,12H2,1-2H3,(H,24,27). The number of nitrogens with zero attached hydrogens (tertiary/aromatic N) is 2. The summed E-state index contributed by atoms with van der Waals surface area (Å²) in [6.07, 6.45) is -4.78. The highest BCUT2D eigenvalue weighted by molar-refractivity contribution is 5.99. The topological polar surface area (TPSA) is 61.9 Å². The number of rotatable bonds is 5. The lowest BCUT2D eigenvalue weighted by atomic mass is 10.1. The van der Waals surface area contributed by atoms with Crippen LogP contribution in [-0.2, 0) is 15.8 Å². The van der Waals surface area contributed by atoms with Crippen molar-refractivity contribution in [3.63, 3.8) is 0 Å². The fourth-order valence-electron chi connectivity index (χ4n) is 2.98. The van der Waals surface area contributed by atoms with Crippen LogP contribution in [0, 0.1) is 0 Å². The zero-order chi connectivity index (χ0) is 21.2. The first kappa shape index (κ1) is 20.5. The molecule has 154 valence electrons. The summed E-state index contributed by atoms with van der Waals surface area (Å²) in [6.45, 7) is -0.120. The molecule has 0 radical (unpaired) electrons. The fraction of sp³-hybridized carbons (Fsp3) is 0.300. The number of nitrogens with one attached hydrogen (secondary N) is 1. The molecule has 3 rings (SSSR count). The summed E-state index contributed by atoms with van der Waals surface area (Å²) in [4.78, 5) is 27.4. The van der Waals surface area contributed by atoms with Gasteiger partial charge < -0.3 is 19.9 Å². The molecular formula is C20H20F3N3O3. The van der Waals surface area contributed by atoms with Crippen LogP contribution in [0.2, 0.25) is 0 Å². The monoisotopic (exact) mass is 407 g/mol. The first-order valence-electron chi connectivity index (χ1n) is 8.87. The Bertz CT molecular complexity index is 929. The molecule has 0 unspecified atom stereocenters. The van der Waals surface area contributed by atoms with Gasteiger partial charge in [0.2, 0.25) is 5.91 Å². The second kappa shape index (κ2) is 8.02. The lowest BCUT2D eigenvalue weighted by molar-refractivity contribution is -0.137. The number of fused-ring (bicyclic) bond motifs is 1. The van der Waals surface area contributed by atoms with E-state index in [1.54, 1.807) is 43.3 Å². The largest absolute Gasteiger partial charge is 0.482 e. The fourth-order valence-corrected chi connectivity index (χ4v) is 2.98. The second-order valence-electron chi connectivity index (χ2n) is 6.72. The molecule has 0 fully saturated rings. The number of hydrogen-bond donors (Lipinski definition) is 1. The van der Waals surface area contributed by atoms with Crippen molar-refractivity contribution < 1.29 is 27.5 Å². The van der Waals surface area contributed by atoms with Gasteiger partial charge in [0.15, 0.2) is 6.61 Å². The van der Waals surface area contributed by atoms with E-state index >= 15 is 0 Å². The van der Waals surface area contributed by atoms with Crippen molar-refractivity contribution in [2.24, 2.45) is 0 Å². The minimum Gasteiger partial charge on any atom is -0.482 e. The number of halogens is 3. The highest BCUT2D eigenvalue weighted by Crippen LogP contribution is 2.37. The number of alkyl halides is 3. The Kier molecular flexibility index (Phi) is 5.67. The summed E-state index contributed by atoms with van der Waals surface area (Å²) < 4.78 is 45.5. The van der Waals surface area contributed by atoms with Gasteiger partial charge in [0, 0.05) is 32.7 Å². The molecule has 0 saturated heterocycles. The highest BCUT2D eigenvalue weighted by Gasteiger charge is 2.34. The van der Waals surface area contributed by atoms with Crippen LogP contribution in [0.15, 0.2) is 42.5 Å². The van der Waals surface area contributed by atoms with Crippen LogP contribution in [0.25, 0.3) is 0 Å². The Labute approximate surface area is 165 Å². The zero-order valence-corrected chi connectivity index (χ0v) is 15.9. The van der Waals surface area contributed by atoms with Crippen LogP contribution >= 0.6 is 0 Å². The van der Waals surface area contributed by atoms with Crippen molar-refractivity contribution in [1.29, 1.82) is 0 Å². The van der Waals surface area contributed by atoms with Crippen molar-refractivity contribution in [3.8, 4) is 5.75 Å². The number of para-hydroxylation sites is 2. The lowest BCUT2D eigenvalue weighted by Gasteiger charge is -2.29. The maximum Gasteiger partial charge on any atom is 0.418 e. The summed E-state index contributed by atoms with van der Waals surface area (Å²) >= 11 is 0. The van der Waals surface area contributed by atoms with Crippen LogP contribution in [0.5, 0.6) is 5.75 Å². The number of hydrogen-bond acceptors (Lipinski definition) is 4. The third-order valence-electron chi connectivity index (χ3n) is 4.47. The number of carbonyl (C=O) groups excluding carboxylic acids is 2. The molecule has 0 spiro atoms. The smallest absolute Gasteiger partial charge is 0.418 e. The molecule has 9 heteroatoms. The SMILES string of the molecule is CN(C)c1ccc(NC(=O)CCN2C(=O)COc3ccccc32)c(C(F)(F)F)c1. The molecule has 0 bridgehead atoms. The second-order valence-corrected chi connectivity index (χ2v) is 6.72. The van der Waals surface area contributed by atoms with Crippen molar-refractivity contribution in [1.82, 2.24) is 0 Å². The maximum atomic E-state index is 13.4. The molecule has 1 aliphatic heterocycles. The van der Waals surface area contributed by atoms with Crippen molar-refractivity contribution in [2.75, 3.05) is 42.4 Å². The molecule has 1 N–H and O–H groups in total. The van der Waals surface area contributed by atoms with E-state index < -0.39 is 17.6 Å². The Morgan fingerprint density at radius 2 is 1.93 bits per heavy atom. The number of ether oxygens (including phenoxy) is 1. The molecule has 6 nitrogen and oxygen atoms in total. The molecule has 2 amide bonds. The summed E-state index contributed by atoms with van der Waals surface area (Å²) in [5, 5.41) is 2.31. The van der Waals surface area contributed by atoms with Gasteiger partial charge in [-0.3, -0.25) is 9.59 Å². The van der Waals surface area contributed by atoms with E-state index in [2.05, 4.69) is 5.32 Å². The molecule has 29 heavy (non-hydrogen) atoms. The van der Waals surface area contributed by atoms with Crippen LogP contribution in [0.1, 0.15) is 12.0 Å². The van der Waals surface area contributed by atoms with Gasteiger partial charge in [-0.25, -0.2) is 0 Å². The zero-order valence-electron chi connectivity index (χ0n) is 15.9. The first-order chi connectivity index (χ1) is 13.7. The van der Waals surface area contributed by atoms with Gasteiger partial charge in [-0.05, 0) is 30.3 Å². The molecule has 0 aromatic heterocycles. The summed E-state index contributed by atoms with van der Waals surface area (Å²) in [5.74, 6) is -0.418. The summed E-state index contributed by atoms with van der Waals surface area (Å²) in [6, 6.07) is 10.6. The van der Waals surface area contributed by atoms with Gasteiger partial charge in [-0.2, -0.15) is 13.2 Å². The van der Waals surface area contributed by atoms with E-state index in [-0.39, 0.29) is 31.2 Å². The number of carbonyl (C=O) groups is 2. The molecule has 0 saturated carbocycles. The van der Waals surface area contributed by atoms with Gasteiger partial charge in [-0.15, -0.1) is 0 Å². The van der Waals surface area contributed by atoms with E-state index in [0.29, 0.717) is 17.1 Å². The van der Waals surface area contributed by atoms with Gasteiger partial charge in [-0.1, -0.05) is 12.1 Å². The maximum absolute atomic E-state index is 13.4. The first-order valence-corrected chi connectivity index (χ1v) is 8.87. The number of anilines is 3. The Hall–Kier alpha value is -3.23. The lowest BCUT2D eigenvalue weighted by Crippen LogP contribution is -2.40. The minimum atomic E-state index is -4.62. The Morgan fingerprint density at radius 3 is 2.62 bits per heavy atom. The average molecular weight is 407 g/mol. The third-order valence-corrected chi connectivity index (χ3v) is 4.47. The molecular weight excluding hydrogens is 387 g/mol. The van der Waals surface area contributed by atoms with Crippen LogP contribution in [-0.4, -0.2) is 39.1 Å². The molecule has 0 atom stereocenters. The predicted molar refractivity (Wildman–Crippen MR) is 103 cm³/mol. The number of benzene rings is 2. The number of amides is 2. The normalized spacial score (nSPS) is 13.6. The average Bonchev–Trinajstić information content (AvgIpc) is 2.66. The van der Waals surface area contributed by atoms with Gasteiger partial charge in [0.25, 0.3) is 5.91 Å².